The molecule has 0 bridgehead atoms. The predicted octanol–water partition coefficient (Wildman–Crippen LogP) is 2.56. The maximum absolute atomic E-state index is 12.1. The fraction of sp³-hybridized carbons (Fsp3) is 0.867. The Labute approximate surface area is 121 Å². The van der Waals surface area contributed by atoms with Crippen molar-refractivity contribution in [1.29, 1.82) is 0 Å². The number of urea groups is 1. The molecule has 2 atom stereocenters. The summed E-state index contributed by atoms with van der Waals surface area (Å²) in [4.78, 5) is 24.7. The molecule has 20 heavy (non-hydrogen) atoms. The van der Waals surface area contributed by atoms with Gasteiger partial charge in [-0.2, -0.15) is 0 Å². The normalized spacial score (nSPS) is 20.2. The van der Waals surface area contributed by atoms with Crippen LogP contribution < -0.4 is 5.32 Å². The van der Waals surface area contributed by atoms with Crippen LogP contribution in [0.5, 0.6) is 0 Å². The largest absolute Gasteiger partial charge is 0.481 e. The van der Waals surface area contributed by atoms with Crippen molar-refractivity contribution in [3.63, 3.8) is 0 Å². The summed E-state index contributed by atoms with van der Waals surface area (Å²) in [5.41, 5.74) is 0. The average Bonchev–Trinajstić information content (AvgIpc) is 2.83. The maximum Gasteiger partial charge on any atom is 0.317 e. The molecule has 5 heteroatoms. The van der Waals surface area contributed by atoms with E-state index < -0.39 is 5.97 Å². The minimum atomic E-state index is -0.794. The minimum Gasteiger partial charge on any atom is -0.481 e. The molecular formula is C15H28N2O3. The van der Waals surface area contributed by atoms with Crippen LogP contribution >= 0.6 is 0 Å². The van der Waals surface area contributed by atoms with E-state index in [9.17, 15) is 9.59 Å². The number of rotatable bonds is 7. The monoisotopic (exact) mass is 284 g/mol. The van der Waals surface area contributed by atoms with Crippen molar-refractivity contribution in [1.82, 2.24) is 10.2 Å². The molecule has 1 aliphatic heterocycles. The van der Waals surface area contributed by atoms with Crippen LogP contribution in [0.1, 0.15) is 46.5 Å². The number of carboxylic acids is 1. The molecule has 5 nitrogen and oxygen atoms in total. The molecule has 2 N–H and O–H groups in total. The number of amides is 2. The molecule has 2 unspecified atom stereocenters. The van der Waals surface area contributed by atoms with Gasteiger partial charge in [0.25, 0.3) is 0 Å². The molecule has 0 saturated carbocycles. The van der Waals surface area contributed by atoms with E-state index in [-0.39, 0.29) is 18.4 Å². The van der Waals surface area contributed by atoms with E-state index in [2.05, 4.69) is 26.1 Å². The Morgan fingerprint density at radius 3 is 2.60 bits per heavy atom. The average molecular weight is 284 g/mol. The smallest absolute Gasteiger partial charge is 0.317 e. The lowest BCUT2D eigenvalue weighted by atomic mass is 9.94. The predicted molar refractivity (Wildman–Crippen MR) is 78.6 cm³/mol. The van der Waals surface area contributed by atoms with Gasteiger partial charge in [-0.1, -0.05) is 27.2 Å². The third-order valence-corrected chi connectivity index (χ3v) is 3.96. The molecule has 0 aromatic carbocycles. The Kier molecular flexibility index (Phi) is 6.82. The first kappa shape index (κ1) is 16.8. The van der Waals surface area contributed by atoms with Crippen molar-refractivity contribution in [3.8, 4) is 0 Å². The maximum atomic E-state index is 12.1. The van der Waals surface area contributed by atoms with Crippen LogP contribution in [-0.2, 0) is 4.79 Å². The SMILES string of the molecule is CCC1CCN(C(=O)NCC(CC(=O)O)CC(C)C)C1. The quantitative estimate of drug-likeness (QED) is 0.755. The molecule has 1 aliphatic rings. The number of carboxylic acid groups (broad SMARTS) is 1. The van der Waals surface area contributed by atoms with E-state index in [4.69, 9.17) is 5.11 Å². The summed E-state index contributed by atoms with van der Waals surface area (Å²) in [7, 11) is 0. The standard InChI is InChI=1S/C15H28N2O3/c1-4-12-5-6-17(10-12)15(20)16-9-13(7-11(2)3)8-14(18)19/h11-13H,4-10H2,1-3H3,(H,16,20)(H,18,19). The molecule has 0 spiro atoms. The van der Waals surface area contributed by atoms with Crippen LogP contribution in [0.3, 0.4) is 0 Å². The van der Waals surface area contributed by atoms with Gasteiger partial charge in [-0.05, 0) is 30.6 Å². The first-order valence-corrected chi connectivity index (χ1v) is 7.66. The van der Waals surface area contributed by atoms with E-state index in [1.54, 1.807) is 0 Å². The molecule has 1 saturated heterocycles. The van der Waals surface area contributed by atoms with Gasteiger partial charge in [0.2, 0.25) is 0 Å². The molecule has 1 rings (SSSR count). The lowest BCUT2D eigenvalue weighted by Gasteiger charge is -2.21. The van der Waals surface area contributed by atoms with E-state index in [1.165, 1.54) is 0 Å². The van der Waals surface area contributed by atoms with E-state index in [0.717, 1.165) is 32.4 Å². The van der Waals surface area contributed by atoms with Crippen molar-refractivity contribution in [2.75, 3.05) is 19.6 Å². The summed E-state index contributed by atoms with van der Waals surface area (Å²) >= 11 is 0. The highest BCUT2D eigenvalue weighted by Gasteiger charge is 2.25. The summed E-state index contributed by atoms with van der Waals surface area (Å²) in [6.45, 7) is 8.40. The zero-order chi connectivity index (χ0) is 15.1. The Balaban J connectivity index is 2.38. The Hall–Kier alpha value is -1.26. The van der Waals surface area contributed by atoms with E-state index >= 15 is 0 Å². The molecule has 1 fully saturated rings. The Bertz CT molecular complexity index is 331. The van der Waals surface area contributed by atoms with Gasteiger partial charge in [-0.3, -0.25) is 4.79 Å². The second-order valence-corrected chi connectivity index (χ2v) is 6.29. The second kappa shape index (κ2) is 8.12. The van der Waals surface area contributed by atoms with E-state index in [0.29, 0.717) is 18.4 Å². The second-order valence-electron chi connectivity index (χ2n) is 6.29. The van der Waals surface area contributed by atoms with E-state index in [1.807, 2.05) is 4.90 Å². The van der Waals surface area contributed by atoms with Crippen molar-refractivity contribution < 1.29 is 14.7 Å². The number of aliphatic carboxylic acids is 1. The van der Waals surface area contributed by atoms with Crippen LogP contribution in [0.2, 0.25) is 0 Å². The highest BCUT2D eigenvalue weighted by molar-refractivity contribution is 5.74. The third kappa shape index (κ3) is 5.80. The summed E-state index contributed by atoms with van der Waals surface area (Å²) in [6.07, 6.45) is 3.13. The summed E-state index contributed by atoms with van der Waals surface area (Å²) < 4.78 is 0. The van der Waals surface area contributed by atoms with Crippen LogP contribution in [0.4, 0.5) is 4.79 Å². The molecule has 0 aromatic heterocycles. The van der Waals surface area contributed by atoms with Gasteiger partial charge in [-0.15, -0.1) is 0 Å². The fourth-order valence-electron chi connectivity index (χ4n) is 2.85. The zero-order valence-electron chi connectivity index (χ0n) is 12.9. The highest BCUT2D eigenvalue weighted by Crippen LogP contribution is 2.19. The van der Waals surface area contributed by atoms with Crippen molar-refractivity contribution >= 4 is 12.0 Å². The van der Waals surface area contributed by atoms with Crippen LogP contribution in [0, 0.1) is 17.8 Å². The van der Waals surface area contributed by atoms with Gasteiger partial charge < -0.3 is 15.3 Å². The molecule has 116 valence electrons. The number of hydrogen-bond donors (Lipinski definition) is 2. The molecule has 1 heterocycles. The molecule has 0 radical (unpaired) electrons. The molecule has 0 aromatic rings. The van der Waals surface area contributed by atoms with Crippen molar-refractivity contribution in [2.24, 2.45) is 17.8 Å². The summed E-state index contributed by atoms with van der Waals surface area (Å²) in [5, 5.41) is 11.8. The first-order valence-electron chi connectivity index (χ1n) is 7.66. The van der Waals surface area contributed by atoms with Crippen molar-refractivity contribution in [3.05, 3.63) is 0 Å². The van der Waals surface area contributed by atoms with Crippen LogP contribution in [0.15, 0.2) is 0 Å². The van der Waals surface area contributed by atoms with Gasteiger partial charge in [-0.25, -0.2) is 4.79 Å². The van der Waals surface area contributed by atoms with Gasteiger partial charge in [0.15, 0.2) is 0 Å². The fourth-order valence-corrected chi connectivity index (χ4v) is 2.85. The number of likely N-dealkylation sites (tertiary alicyclic amines) is 1. The lowest BCUT2D eigenvalue weighted by Crippen LogP contribution is -2.41. The molecule has 0 aliphatic carbocycles. The van der Waals surface area contributed by atoms with Crippen LogP contribution in [-0.4, -0.2) is 41.6 Å². The minimum absolute atomic E-state index is 0.0148. The van der Waals surface area contributed by atoms with Crippen LogP contribution in [0.25, 0.3) is 0 Å². The summed E-state index contributed by atoms with van der Waals surface area (Å²) in [5.74, 6) is 0.275. The number of hydrogen-bond acceptors (Lipinski definition) is 2. The van der Waals surface area contributed by atoms with Gasteiger partial charge >= 0.3 is 12.0 Å². The number of carbonyl (C=O) groups is 2. The third-order valence-electron chi connectivity index (χ3n) is 3.96. The Morgan fingerprint density at radius 1 is 1.40 bits per heavy atom. The van der Waals surface area contributed by atoms with Crippen molar-refractivity contribution in [2.45, 2.75) is 46.5 Å². The van der Waals surface area contributed by atoms with Gasteiger partial charge in [0.05, 0.1) is 0 Å². The molecular weight excluding hydrogens is 256 g/mol. The zero-order valence-corrected chi connectivity index (χ0v) is 12.9. The first-order chi connectivity index (χ1) is 9.42. The number of nitrogens with one attached hydrogen (secondary N) is 1. The Morgan fingerprint density at radius 2 is 2.10 bits per heavy atom. The highest BCUT2D eigenvalue weighted by atomic mass is 16.4. The van der Waals surface area contributed by atoms with Gasteiger partial charge in [0, 0.05) is 26.1 Å². The summed E-state index contributed by atoms with van der Waals surface area (Å²) in [6, 6.07) is -0.0416. The number of carbonyl (C=O) groups excluding carboxylic acids is 1. The lowest BCUT2D eigenvalue weighted by molar-refractivity contribution is -0.138. The topological polar surface area (TPSA) is 69.6 Å². The molecule has 2 amide bonds. The number of nitrogens with zero attached hydrogens (tertiary/aromatic N) is 1. The van der Waals surface area contributed by atoms with Gasteiger partial charge in [0.1, 0.15) is 0 Å².